The number of ether oxygens (including phenoxy) is 1. The zero-order valence-electron chi connectivity index (χ0n) is 15.8. The number of rotatable bonds is 8. The maximum absolute atomic E-state index is 12.6. The summed E-state index contributed by atoms with van der Waals surface area (Å²) in [6.45, 7) is 11.8. The average Bonchev–Trinajstić information content (AvgIpc) is 3.01. The zero-order valence-corrected chi connectivity index (χ0v) is 16.6. The van der Waals surface area contributed by atoms with E-state index in [2.05, 4.69) is 32.7 Å². The third kappa shape index (κ3) is 5.56. The van der Waals surface area contributed by atoms with Gasteiger partial charge in [0.05, 0.1) is 18.7 Å². The molecule has 1 aromatic carbocycles. The van der Waals surface area contributed by atoms with Gasteiger partial charge in [0.2, 0.25) is 5.91 Å². The minimum absolute atomic E-state index is 0.146. The molecule has 0 radical (unpaired) electrons. The lowest BCUT2D eigenvalue weighted by atomic mass is 10.1. The molecule has 0 spiro atoms. The molecule has 2 aromatic rings. The standard InChI is InChI=1S/C20H28N2O2S/c1-6-24-18-9-7-16(8-10-18)20-21-17(13-25-20)11-19(23)22(15(4)5)12-14(2)3/h7-10,13-15H,6,11-12H2,1-5H3. The van der Waals surface area contributed by atoms with E-state index in [0.29, 0.717) is 18.9 Å². The van der Waals surface area contributed by atoms with Crippen LogP contribution in [0.3, 0.4) is 0 Å². The van der Waals surface area contributed by atoms with Gasteiger partial charge in [-0.25, -0.2) is 4.98 Å². The number of amides is 1. The highest BCUT2D eigenvalue weighted by Gasteiger charge is 2.19. The molecule has 0 unspecified atom stereocenters. The first-order chi connectivity index (χ1) is 11.9. The van der Waals surface area contributed by atoms with E-state index in [9.17, 15) is 4.79 Å². The highest BCUT2D eigenvalue weighted by Crippen LogP contribution is 2.26. The van der Waals surface area contributed by atoms with E-state index in [4.69, 9.17) is 4.74 Å². The Hall–Kier alpha value is -1.88. The number of nitrogens with zero attached hydrogens (tertiary/aromatic N) is 2. The number of carbonyl (C=O) groups excluding carboxylic acids is 1. The van der Waals surface area contributed by atoms with Crippen LogP contribution in [0.4, 0.5) is 0 Å². The highest BCUT2D eigenvalue weighted by molar-refractivity contribution is 7.13. The van der Waals surface area contributed by atoms with Gasteiger partial charge in [-0.2, -0.15) is 0 Å². The van der Waals surface area contributed by atoms with Crippen molar-refractivity contribution in [3.63, 3.8) is 0 Å². The maximum Gasteiger partial charge on any atom is 0.228 e. The maximum atomic E-state index is 12.6. The molecule has 25 heavy (non-hydrogen) atoms. The lowest BCUT2D eigenvalue weighted by Gasteiger charge is -2.28. The van der Waals surface area contributed by atoms with E-state index in [-0.39, 0.29) is 11.9 Å². The van der Waals surface area contributed by atoms with Gasteiger partial charge in [0, 0.05) is 23.5 Å². The second-order valence-electron chi connectivity index (χ2n) is 6.81. The van der Waals surface area contributed by atoms with E-state index in [1.165, 1.54) is 0 Å². The minimum Gasteiger partial charge on any atom is -0.494 e. The van der Waals surface area contributed by atoms with Crippen LogP contribution >= 0.6 is 11.3 Å². The van der Waals surface area contributed by atoms with Crippen molar-refractivity contribution < 1.29 is 9.53 Å². The van der Waals surface area contributed by atoms with Crippen molar-refractivity contribution >= 4 is 17.2 Å². The van der Waals surface area contributed by atoms with E-state index >= 15 is 0 Å². The fourth-order valence-electron chi connectivity index (χ4n) is 2.63. The van der Waals surface area contributed by atoms with E-state index in [0.717, 1.165) is 28.6 Å². The first-order valence-corrected chi connectivity index (χ1v) is 9.75. The van der Waals surface area contributed by atoms with Crippen LogP contribution in [-0.4, -0.2) is 35.0 Å². The molecule has 1 aromatic heterocycles. The van der Waals surface area contributed by atoms with Gasteiger partial charge in [-0.3, -0.25) is 4.79 Å². The third-order valence-corrected chi connectivity index (χ3v) is 4.74. The molecule has 0 aliphatic heterocycles. The smallest absolute Gasteiger partial charge is 0.228 e. The Morgan fingerprint density at radius 1 is 1.20 bits per heavy atom. The minimum atomic E-state index is 0.146. The molecule has 0 saturated carbocycles. The molecule has 0 saturated heterocycles. The Morgan fingerprint density at radius 3 is 2.44 bits per heavy atom. The van der Waals surface area contributed by atoms with Crippen molar-refractivity contribution in [3.8, 4) is 16.3 Å². The van der Waals surface area contributed by atoms with Gasteiger partial charge >= 0.3 is 0 Å². The van der Waals surface area contributed by atoms with Gasteiger partial charge in [-0.05, 0) is 51.0 Å². The Morgan fingerprint density at radius 2 is 1.88 bits per heavy atom. The summed E-state index contributed by atoms with van der Waals surface area (Å²) >= 11 is 1.58. The van der Waals surface area contributed by atoms with Gasteiger partial charge in [-0.15, -0.1) is 11.3 Å². The summed E-state index contributed by atoms with van der Waals surface area (Å²) in [6, 6.07) is 8.13. The Labute approximate surface area is 154 Å². The summed E-state index contributed by atoms with van der Waals surface area (Å²) in [6.07, 6.45) is 0.360. The number of hydrogen-bond acceptors (Lipinski definition) is 4. The van der Waals surface area contributed by atoms with Crippen molar-refractivity contribution in [2.24, 2.45) is 5.92 Å². The van der Waals surface area contributed by atoms with Crippen LogP contribution in [0.15, 0.2) is 29.6 Å². The molecule has 1 heterocycles. The molecule has 0 atom stereocenters. The molecule has 0 N–H and O–H groups in total. The summed E-state index contributed by atoms with van der Waals surface area (Å²) in [5.74, 6) is 1.47. The molecule has 1 amide bonds. The second kappa shape index (κ2) is 8.99. The van der Waals surface area contributed by atoms with Crippen LogP contribution in [0, 0.1) is 5.92 Å². The summed E-state index contributed by atoms with van der Waals surface area (Å²) in [7, 11) is 0. The molecule has 0 bridgehead atoms. The number of carbonyl (C=O) groups is 1. The largest absolute Gasteiger partial charge is 0.494 e. The van der Waals surface area contributed by atoms with Crippen LogP contribution < -0.4 is 4.74 Å². The molecule has 0 aliphatic rings. The lowest BCUT2D eigenvalue weighted by molar-refractivity contribution is -0.132. The highest BCUT2D eigenvalue weighted by atomic mass is 32.1. The van der Waals surface area contributed by atoms with E-state index < -0.39 is 0 Å². The van der Waals surface area contributed by atoms with Gasteiger partial charge < -0.3 is 9.64 Å². The van der Waals surface area contributed by atoms with Crippen LogP contribution in [0.2, 0.25) is 0 Å². The quantitative estimate of drug-likeness (QED) is 0.688. The van der Waals surface area contributed by atoms with Crippen molar-refractivity contribution in [1.29, 1.82) is 0 Å². The van der Waals surface area contributed by atoms with Crippen molar-refractivity contribution in [2.75, 3.05) is 13.2 Å². The van der Waals surface area contributed by atoms with Crippen LogP contribution in [0.1, 0.15) is 40.3 Å². The fourth-order valence-corrected chi connectivity index (χ4v) is 3.46. The lowest BCUT2D eigenvalue weighted by Crippen LogP contribution is -2.40. The number of hydrogen-bond donors (Lipinski definition) is 0. The third-order valence-electron chi connectivity index (χ3n) is 3.80. The van der Waals surface area contributed by atoms with Crippen molar-refractivity contribution in [1.82, 2.24) is 9.88 Å². The fraction of sp³-hybridized carbons (Fsp3) is 0.500. The van der Waals surface area contributed by atoms with Gasteiger partial charge in [-0.1, -0.05) is 13.8 Å². The van der Waals surface area contributed by atoms with Gasteiger partial charge in [0.15, 0.2) is 0 Å². The topological polar surface area (TPSA) is 42.4 Å². The van der Waals surface area contributed by atoms with Crippen molar-refractivity contribution in [2.45, 2.75) is 47.1 Å². The van der Waals surface area contributed by atoms with Crippen LogP contribution in [-0.2, 0) is 11.2 Å². The molecular formula is C20H28N2O2S. The normalized spacial score (nSPS) is 11.2. The SMILES string of the molecule is CCOc1ccc(-c2nc(CC(=O)N(CC(C)C)C(C)C)cs2)cc1. The number of thiazole rings is 1. The van der Waals surface area contributed by atoms with Gasteiger partial charge in [0.1, 0.15) is 10.8 Å². The van der Waals surface area contributed by atoms with Crippen LogP contribution in [0.5, 0.6) is 5.75 Å². The number of benzene rings is 1. The number of aromatic nitrogens is 1. The second-order valence-corrected chi connectivity index (χ2v) is 7.67. The molecule has 136 valence electrons. The molecule has 4 nitrogen and oxygen atoms in total. The monoisotopic (exact) mass is 360 g/mol. The Bertz CT molecular complexity index is 677. The predicted octanol–water partition coefficient (Wildman–Crippen LogP) is 4.64. The van der Waals surface area contributed by atoms with Crippen LogP contribution in [0.25, 0.3) is 10.6 Å². The zero-order chi connectivity index (χ0) is 18.4. The van der Waals surface area contributed by atoms with E-state index in [1.54, 1.807) is 11.3 Å². The predicted molar refractivity (Wildman–Crippen MR) is 104 cm³/mol. The van der Waals surface area contributed by atoms with E-state index in [1.807, 2.05) is 41.5 Å². The molecule has 5 heteroatoms. The van der Waals surface area contributed by atoms with Crippen molar-refractivity contribution in [3.05, 3.63) is 35.3 Å². The Kier molecular flexibility index (Phi) is 7.00. The summed E-state index contributed by atoms with van der Waals surface area (Å²) < 4.78 is 5.47. The first kappa shape index (κ1) is 19.4. The molecule has 2 rings (SSSR count). The Balaban J connectivity index is 2.06. The first-order valence-electron chi connectivity index (χ1n) is 8.87. The molecule has 0 fully saturated rings. The molecule has 0 aliphatic carbocycles. The van der Waals surface area contributed by atoms with Gasteiger partial charge in [0.25, 0.3) is 0 Å². The molecular weight excluding hydrogens is 332 g/mol. The average molecular weight is 361 g/mol. The summed E-state index contributed by atoms with van der Waals surface area (Å²) in [4.78, 5) is 19.2. The summed E-state index contributed by atoms with van der Waals surface area (Å²) in [5, 5.41) is 2.92. The summed E-state index contributed by atoms with van der Waals surface area (Å²) in [5.41, 5.74) is 1.89.